The fourth-order valence-electron chi connectivity index (χ4n) is 1.07. The highest BCUT2D eigenvalue weighted by molar-refractivity contribution is 5.85. The SMILES string of the molecule is Cc1cc(CCN)nc(C)n1.Cl. The summed E-state index contributed by atoms with van der Waals surface area (Å²) in [5.41, 5.74) is 7.45. The largest absolute Gasteiger partial charge is 0.330 e. The minimum atomic E-state index is 0. The van der Waals surface area contributed by atoms with E-state index in [1.165, 1.54) is 0 Å². The summed E-state index contributed by atoms with van der Waals surface area (Å²) < 4.78 is 0. The number of nitrogens with zero attached hydrogens (tertiary/aromatic N) is 2. The summed E-state index contributed by atoms with van der Waals surface area (Å²) in [5, 5.41) is 0. The number of nitrogens with two attached hydrogens (primary N) is 1. The summed E-state index contributed by atoms with van der Waals surface area (Å²) in [7, 11) is 0. The molecule has 4 heteroatoms. The second-order valence-electron chi connectivity index (χ2n) is 2.59. The van der Waals surface area contributed by atoms with Gasteiger partial charge in [-0.15, -0.1) is 12.4 Å². The van der Waals surface area contributed by atoms with Crippen LogP contribution in [0.5, 0.6) is 0 Å². The van der Waals surface area contributed by atoms with Crippen molar-refractivity contribution in [2.75, 3.05) is 6.54 Å². The van der Waals surface area contributed by atoms with Crippen molar-refractivity contribution in [3.05, 3.63) is 23.3 Å². The fourth-order valence-corrected chi connectivity index (χ4v) is 1.07. The Morgan fingerprint density at radius 1 is 1.33 bits per heavy atom. The van der Waals surface area contributed by atoms with Crippen molar-refractivity contribution >= 4 is 12.4 Å². The van der Waals surface area contributed by atoms with Crippen LogP contribution < -0.4 is 5.73 Å². The van der Waals surface area contributed by atoms with Gasteiger partial charge >= 0.3 is 0 Å². The van der Waals surface area contributed by atoms with Gasteiger partial charge in [0.2, 0.25) is 0 Å². The van der Waals surface area contributed by atoms with E-state index < -0.39 is 0 Å². The third-order valence-corrected chi connectivity index (χ3v) is 1.42. The highest BCUT2D eigenvalue weighted by Crippen LogP contribution is 1.99. The zero-order valence-electron chi connectivity index (χ0n) is 7.37. The van der Waals surface area contributed by atoms with E-state index in [0.717, 1.165) is 23.6 Å². The summed E-state index contributed by atoms with van der Waals surface area (Å²) >= 11 is 0. The molecule has 12 heavy (non-hydrogen) atoms. The van der Waals surface area contributed by atoms with Crippen LogP contribution in [-0.2, 0) is 6.42 Å². The molecule has 0 amide bonds. The summed E-state index contributed by atoms with van der Waals surface area (Å²) in [5.74, 6) is 0.827. The number of halogens is 1. The van der Waals surface area contributed by atoms with Crippen LogP contribution in [0.1, 0.15) is 17.2 Å². The summed E-state index contributed by atoms with van der Waals surface area (Å²) in [4.78, 5) is 8.40. The molecule has 0 saturated heterocycles. The summed E-state index contributed by atoms with van der Waals surface area (Å²) in [6.07, 6.45) is 0.837. The quantitative estimate of drug-likeness (QED) is 0.752. The van der Waals surface area contributed by atoms with Gasteiger partial charge in [0.05, 0.1) is 0 Å². The third-order valence-electron chi connectivity index (χ3n) is 1.42. The highest BCUT2D eigenvalue weighted by Gasteiger charge is 1.96. The van der Waals surface area contributed by atoms with Crippen molar-refractivity contribution in [3.63, 3.8) is 0 Å². The van der Waals surface area contributed by atoms with Crippen molar-refractivity contribution in [2.24, 2.45) is 5.73 Å². The highest BCUT2D eigenvalue weighted by atomic mass is 35.5. The molecule has 0 bridgehead atoms. The molecular weight excluding hydrogens is 174 g/mol. The zero-order chi connectivity index (χ0) is 8.27. The molecule has 1 heterocycles. The van der Waals surface area contributed by atoms with E-state index >= 15 is 0 Å². The molecule has 3 nitrogen and oxygen atoms in total. The average molecular weight is 188 g/mol. The molecule has 0 aliphatic rings. The van der Waals surface area contributed by atoms with Crippen molar-refractivity contribution in [1.82, 2.24) is 9.97 Å². The molecular formula is C8H14ClN3. The van der Waals surface area contributed by atoms with Crippen LogP contribution in [-0.4, -0.2) is 16.5 Å². The van der Waals surface area contributed by atoms with Crippen molar-refractivity contribution < 1.29 is 0 Å². The topological polar surface area (TPSA) is 51.8 Å². The van der Waals surface area contributed by atoms with E-state index in [9.17, 15) is 0 Å². The number of rotatable bonds is 2. The third kappa shape index (κ3) is 3.15. The van der Waals surface area contributed by atoms with Gasteiger partial charge in [-0.3, -0.25) is 0 Å². The van der Waals surface area contributed by atoms with Gasteiger partial charge in [0.25, 0.3) is 0 Å². The summed E-state index contributed by atoms with van der Waals surface area (Å²) in [6.45, 7) is 4.51. The molecule has 0 unspecified atom stereocenters. The van der Waals surface area contributed by atoms with Crippen LogP contribution in [0.3, 0.4) is 0 Å². The van der Waals surface area contributed by atoms with Crippen LogP contribution >= 0.6 is 12.4 Å². The van der Waals surface area contributed by atoms with E-state index in [1.54, 1.807) is 0 Å². The molecule has 68 valence electrons. The van der Waals surface area contributed by atoms with Gasteiger partial charge in [0.15, 0.2) is 0 Å². The van der Waals surface area contributed by atoms with E-state index in [4.69, 9.17) is 5.73 Å². The first-order valence-corrected chi connectivity index (χ1v) is 3.73. The Labute approximate surface area is 78.8 Å². The monoisotopic (exact) mass is 187 g/mol. The van der Waals surface area contributed by atoms with Gasteiger partial charge in [0.1, 0.15) is 5.82 Å². The van der Waals surface area contributed by atoms with Gasteiger partial charge in [-0.25, -0.2) is 9.97 Å². The van der Waals surface area contributed by atoms with Gasteiger partial charge in [-0.2, -0.15) is 0 Å². The molecule has 1 aromatic heterocycles. The first-order valence-electron chi connectivity index (χ1n) is 3.73. The van der Waals surface area contributed by atoms with E-state index in [-0.39, 0.29) is 12.4 Å². The first-order chi connectivity index (χ1) is 5.22. The molecule has 0 aliphatic heterocycles. The lowest BCUT2D eigenvalue weighted by Crippen LogP contribution is -2.06. The lowest BCUT2D eigenvalue weighted by molar-refractivity contribution is 0.876. The minimum Gasteiger partial charge on any atom is -0.330 e. The second kappa shape index (κ2) is 5.06. The van der Waals surface area contributed by atoms with Gasteiger partial charge in [0, 0.05) is 17.8 Å². The normalized spacial score (nSPS) is 9.25. The predicted molar refractivity (Wildman–Crippen MR) is 51.5 cm³/mol. The molecule has 0 aromatic carbocycles. The maximum absolute atomic E-state index is 5.40. The number of hydrogen-bond acceptors (Lipinski definition) is 3. The van der Waals surface area contributed by atoms with E-state index in [0.29, 0.717) is 6.54 Å². The lowest BCUT2D eigenvalue weighted by Gasteiger charge is -2.00. The van der Waals surface area contributed by atoms with Crippen molar-refractivity contribution in [3.8, 4) is 0 Å². The maximum atomic E-state index is 5.40. The molecule has 2 N–H and O–H groups in total. The van der Waals surface area contributed by atoms with E-state index in [2.05, 4.69) is 9.97 Å². The Balaban J connectivity index is 0.00000121. The first kappa shape index (κ1) is 11.3. The molecule has 0 saturated carbocycles. The molecule has 1 aromatic rings. The van der Waals surface area contributed by atoms with Crippen LogP contribution in [0.2, 0.25) is 0 Å². The predicted octanol–water partition coefficient (Wildman–Crippen LogP) is 1.02. The van der Waals surface area contributed by atoms with Crippen LogP contribution in [0.4, 0.5) is 0 Å². The van der Waals surface area contributed by atoms with Crippen molar-refractivity contribution in [1.29, 1.82) is 0 Å². The smallest absolute Gasteiger partial charge is 0.125 e. The molecule has 0 fully saturated rings. The average Bonchev–Trinajstić information content (AvgIpc) is 1.85. The lowest BCUT2D eigenvalue weighted by atomic mass is 10.2. The van der Waals surface area contributed by atoms with Gasteiger partial charge in [-0.05, 0) is 26.5 Å². The van der Waals surface area contributed by atoms with Crippen LogP contribution in [0, 0.1) is 13.8 Å². The van der Waals surface area contributed by atoms with Crippen LogP contribution in [0.25, 0.3) is 0 Å². The molecule has 0 radical (unpaired) electrons. The van der Waals surface area contributed by atoms with E-state index in [1.807, 2.05) is 19.9 Å². The Morgan fingerprint density at radius 2 is 2.00 bits per heavy atom. The number of aromatic nitrogens is 2. The number of aryl methyl sites for hydroxylation is 2. The Kier molecular flexibility index (Phi) is 4.78. The number of hydrogen-bond donors (Lipinski definition) is 1. The van der Waals surface area contributed by atoms with Gasteiger partial charge < -0.3 is 5.73 Å². The minimum absolute atomic E-state index is 0. The molecule has 1 rings (SSSR count). The Bertz CT molecular complexity index is 230. The fraction of sp³-hybridized carbons (Fsp3) is 0.500. The molecule has 0 atom stereocenters. The van der Waals surface area contributed by atoms with Crippen molar-refractivity contribution in [2.45, 2.75) is 20.3 Å². The molecule has 0 spiro atoms. The van der Waals surface area contributed by atoms with Gasteiger partial charge in [-0.1, -0.05) is 0 Å². The molecule has 0 aliphatic carbocycles. The zero-order valence-corrected chi connectivity index (χ0v) is 8.19. The standard InChI is InChI=1S/C8H13N3.ClH/c1-6-5-8(3-4-9)11-7(2)10-6;/h5H,3-4,9H2,1-2H3;1H. The second-order valence-corrected chi connectivity index (χ2v) is 2.59. The summed E-state index contributed by atoms with van der Waals surface area (Å²) in [6, 6.07) is 1.97. The maximum Gasteiger partial charge on any atom is 0.125 e. The Morgan fingerprint density at radius 3 is 2.50 bits per heavy atom. The Hall–Kier alpha value is -0.670. The van der Waals surface area contributed by atoms with Crippen LogP contribution in [0.15, 0.2) is 6.07 Å².